The zero-order chi connectivity index (χ0) is 24.7. The number of nitrogens with zero attached hydrogens (tertiary/aromatic N) is 4. The lowest BCUT2D eigenvalue weighted by Gasteiger charge is -2.33. The van der Waals surface area contributed by atoms with Gasteiger partial charge in [-0.25, -0.2) is 13.2 Å². The summed E-state index contributed by atoms with van der Waals surface area (Å²) in [6.07, 6.45) is 2.03. The number of pyridine rings is 1. The van der Waals surface area contributed by atoms with E-state index in [1.807, 2.05) is 6.92 Å². The second-order valence-electron chi connectivity index (χ2n) is 8.53. The summed E-state index contributed by atoms with van der Waals surface area (Å²) < 4.78 is 47.1. The van der Waals surface area contributed by atoms with Crippen LogP contribution in [0.1, 0.15) is 34.6 Å². The minimum absolute atomic E-state index is 0.0617. The van der Waals surface area contributed by atoms with Crippen molar-refractivity contribution in [2.75, 3.05) is 19.8 Å². The Morgan fingerprint density at radius 3 is 2.66 bits per heavy atom. The minimum Gasteiger partial charge on any atom is -0.489 e. The largest absolute Gasteiger partial charge is 0.489 e. The number of amides is 1. The maximum Gasteiger partial charge on any atom is 0.254 e. The number of fused-ring (bicyclic) bond motifs is 2. The van der Waals surface area contributed by atoms with E-state index in [1.165, 1.54) is 18.3 Å². The van der Waals surface area contributed by atoms with Gasteiger partial charge in [-0.1, -0.05) is 0 Å². The summed E-state index contributed by atoms with van der Waals surface area (Å²) in [5.41, 5.74) is 3.83. The van der Waals surface area contributed by atoms with Crippen molar-refractivity contribution in [3.05, 3.63) is 77.1 Å². The van der Waals surface area contributed by atoms with Crippen molar-refractivity contribution in [1.29, 1.82) is 0 Å². The summed E-state index contributed by atoms with van der Waals surface area (Å²) in [6.45, 7) is 1.66. The van der Waals surface area contributed by atoms with Crippen molar-refractivity contribution < 1.29 is 22.7 Å². The van der Waals surface area contributed by atoms with Gasteiger partial charge >= 0.3 is 0 Å². The molecule has 0 saturated carbocycles. The number of halogens is 3. The smallest absolute Gasteiger partial charge is 0.254 e. The van der Waals surface area contributed by atoms with Crippen LogP contribution in [0.2, 0.25) is 0 Å². The number of hydrogen-bond donors (Lipinski definition) is 0. The maximum absolute atomic E-state index is 13.9. The van der Waals surface area contributed by atoms with Gasteiger partial charge < -0.3 is 9.64 Å². The molecule has 9 heteroatoms. The van der Waals surface area contributed by atoms with Crippen molar-refractivity contribution in [2.45, 2.75) is 19.4 Å². The predicted molar refractivity (Wildman–Crippen MR) is 125 cm³/mol. The fraction of sp³-hybridized carbons (Fsp3) is 0.269. The highest BCUT2D eigenvalue weighted by Crippen LogP contribution is 2.36. The molecule has 1 amide bonds. The lowest BCUT2D eigenvalue weighted by Crippen LogP contribution is -2.38. The average molecular weight is 480 g/mol. The van der Waals surface area contributed by atoms with Crippen molar-refractivity contribution >= 4 is 16.8 Å². The van der Waals surface area contributed by atoms with Gasteiger partial charge in [-0.2, -0.15) is 5.10 Å². The molecule has 0 spiro atoms. The van der Waals surface area contributed by atoms with Crippen LogP contribution in [-0.2, 0) is 13.5 Å². The van der Waals surface area contributed by atoms with Gasteiger partial charge in [-0.15, -0.1) is 0 Å². The molecule has 0 bridgehead atoms. The fourth-order valence-electron chi connectivity index (χ4n) is 4.72. The number of alkyl halides is 1. The molecule has 0 unspecified atom stereocenters. The van der Waals surface area contributed by atoms with Gasteiger partial charge in [-0.05, 0) is 49.7 Å². The SMILES string of the molecule is C[C@H]1c2nn(C)c(-c3cc(F)cc(F)c3)c2CCN1C(=O)c1ccc2ncc(OCCF)cc2c1. The molecule has 1 aliphatic rings. The lowest BCUT2D eigenvalue weighted by molar-refractivity contribution is 0.0674. The third-order valence-electron chi connectivity index (χ3n) is 6.29. The zero-order valence-corrected chi connectivity index (χ0v) is 19.3. The van der Waals surface area contributed by atoms with Crippen LogP contribution in [0.25, 0.3) is 22.2 Å². The van der Waals surface area contributed by atoms with E-state index in [0.717, 1.165) is 11.6 Å². The standard InChI is InChI=1S/C26H23F3N4O2/c1-15-24-22(25(32(2)31-24)18-10-19(28)13-20(29)11-18)5-7-33(15)26(34)16-3-4-23-17(9-16)12-21(14-30-23)35-8-6-27/h3-4,9-15H,5-8H2,1-2H3/t15-/m0/s1. The molecule has 2 aromatic heterocycles. The topological polar surface area (TPSA) is 60.2 Å². The van der Waals surface area contributed by atoms with E-state index >= 15 is 0 Å². The van der Waals surface area contributed by atoms with Gasteiger partial charge in [0.25, 0.3) is 5.91 Å². The first kappa shape index (κ1) is 22.9. The van der Waals surface area contributed by atoms with Crippen molar-refractivity contribution in [1.82, 2.24) is 19.7 Å². The van der Waals surface area contributed by atoms with Gasteiger partial charge in [-0.3, -0.25) is 14.5 Å². The third-order valence-corrected chi connectivity index (χ3v) is 6.29. The normalized spacial score (nSPS) is 15.3. The maximum atomic E-state index is 13.9. The number of benzene rings is 2. The molecule has 0 radical (unpaired) electrons. The molecule has 6 nitrogen and oxygen atoms in total. The van der Waals surface area contributed by atoms with Gasteiger partial charge in [0.05, 0.1) is 29.1 Å². The summed E-state index contributed by atoms with van der Waals surface area (Å²) in [7, 11) is 1.73. The van der Waals surface area contributed by atoms with Crippen molar-refractivity contribution in [3.8, 4) is 17.0 Å². The van der Waals surface area contributed by atoms with Crippen LogP contribution < -0.4 is 4.74 Å². The molecule has 0 fully saturated rings. The first-order valence-electron chi connectivity index (χ1n) is 11.3. The summed E-state index contributed by atoms with van der Waals surface area (Å²) >= 11 is 0. The summed E-state index contributed by atoms with van der Waals surface area (Å²) in [5, 5.41) is 5.32. The van der Waals surface area contributed by atoms with E-state index in [0.29, 0.717) is 52.1 Å². The first-order valence-corrected chi connectivity index (χ1v) is 11.3. The molecule has 1 aliphatic heterocycles. The molecule has 0 N–H and O–H groups in total. The van der Waals surface area contributed by atoms with Crippen LogP contribution in [0.15, 0.2) is 48.7 Å². The molecular formula is C26H23F3N4O2. The lowest BCUT2D eigenvalue weighted by atomic mass is 9.95. The molecule has 35 heavy (non-hydrogen) atoms. The highest BCUT2D eigenvalue weighted by atomic mass is 19.1. The van der Waals surface area contributed by atoms with Gasteiger partial charge in [0, 0.05) is 41.7 Å². The van der Waals surface area contributed by atoms with E-state index in [4.69, 9.17) is 4.74 Å². The first-order chi connectivity index (χ1) is 16.9. The van der Waals surface area contributed by atoms with Crippen LogP contribution >= 0.6 is 0 Å². The number of aryl methyl sites for hydroxylation is 1. The van der Waals surface area contributed by atoms with Gasteiger partial charge in [0.15, 0.2) is 0 Å². The van der Waals surface area contributed by atoms with Crippen molar-refractivity contribution in [3.63, 3.8) is 0 Å². The second-order valence-corrected chi connectivity index (χ2v) is 8.53. The van der Waals surface area contributed by atoms with Gasteiger partial charge in [0.1, 0.15) is 30.7 Å². The Bertz CT molecular complexity index is 1420. The summed E-state index contributed by atoms with van der Waals surface area (Å²) in [6, 6.07) is 10.0. The Hall–Kier alpha value is -3.88. The summed E-state index contributed by atoms with van der Waals surface area (Å²) in [4.78, 5) is 19.5. The van der Waals surface area contributed by atoms with Crippen molar-refractivity contribution in [2.24, 2.45) is 7.05 Å². The molecule has 3 heterocycles. The summed E-state index contributed by atoms with van der Waals surface area (Å²) in [5.74, 6) is -1.03. The Balaban J connectivity index is 1.45. The molecule has 0 saturated heterocycles. The van der Waals surface area contributed by atoms with E-state index in [1.54, 1.807) is 40.9 Å². The average Bonchev–Trinajstić information content (AvgIpc) is 3.18. The quantitative estimate of drug-likeness (QED) is 0.403. The predicted octanol–water partition coefficient (Wildman–Crippen LogP) is 5.02. The third kappa shape index (κ3) is 4.22. The molecular weight excluding hydrogens is 457 g/mol. The number of aromatic nitrogens is 3. The molecule has 0 aliphatic carbocycles. The molecule has 5 rings (SSSR count). The van der Waals surface area contributed by atoms with Crippen LogP contribution in [-0.4, -0.2) is 45.4 Å². The molecule has 4 aromatic rings. The van der Waals surface area contributed by atoms with Crippen LogP contribution in [0.3, 0.4) is 0 Å². The zero-order valence-electron chi connectivity index (χ0n) is 19.3. The van der Waals surface area contributed by atoms with Crippen LogP contribution in [0, 0.1) is 11.6 Å². The Morgan fingerprint density at radius 1 is 1.14 bits per heavy atom. The highest BCUT2D eigenvalue weighted by Gasteiger charge is 2.33. The molecule has 1 atom stereocenters. The van der Waals surface area contributed by atoms with E-state index < -0.39 is 18.3 Å². The Morgan fingerprint density at radius 2 is 1.91 bits per heavy atom. The number of hydrogen-bond acceptors (Lipinski definition) is 4. The van der Waals surface area contributed by atoms with Gasteiger partial charge in [0.2, 0.25) is 0 Å². The Kier molecular flexibility index (Phi) is 5.92. The van der Waals surface area contributed by atoms with Crippen LogP contribution in [0.4, 0.5) is 13.2 Å². The molecule has 180 valence electrons. The minimum atomic E-state index is -0.653. The Labute approximate surface area is 199 Å². The second kappa shape index (κ2) is 9.05. The number of ether oxygens (including phenoxy) is 1. The van der Waals surface area contributed by atoms with E-state index in [-0.39, 0.29) is 18.6 Å². The van der Waals surface area contributed by atoms with E-state index in [9.17, 15) is 18.0 Å². The number of carbonyl (C=O) groups is 1. The molecule has 2 aromatic carbocycles. The number of rotatable bonds is 5. The van der Waals surface area contributed by atoms with Crippen LogP contribution in [0.5, 0.6) is 5.75 Å². The monoisotopic (exact) mass is 480 g/mol. The fourth-order valence-corrected chi connectivity index (χ4v) is 4.72. The van der Waals surface area contributed by atoms with E-state index in [2.05, 4.69) is 10.1 Å². The number of carbonyl (C=O) groups excluding carboxylic acids is 1. The highest BCUT2D eigenvalue weighted by molar-refractivity contribution is 5.98.